The van der Waals surface area contributed by atoms with Crippen molar-refractivity contribution in [3.8, 4) is 10.6 Å². The van der Waals surface area contributed by atoms with E-state index < -0.39 is 12.0 Å². The van der Waals surface area contributed by atoms with Gasteiger partial charge in [-0.25, -0.2) is 4.98 Å². The van der Waals surface area contributed by atoms with Crippen LogP contribution in [0.25, 0.3) is 10.6 Å². The molecule has 3 aromatic rings. The molecule has 0 saturated heterocycles. The summed E-state index contributed by atoms with van der Waals surface area (Å²) in [7, 11) is 0. The molecule has 3 rings (SSSR count). The summed E-state index contributed by atoms with van der Waals surface area (Å²) in [5, 5.41) is 14.5. The molecule has 2 aromatic carbocycles. The number of nitrogens with zero attached hydrogens (tertiary/aromatic N) is 1. The quantitative estimate of drug-likeness (QED) is 0.665. The molecule has 0 aliphatic heterocycles. The molecule has 0 aliphatic carbocycles. The molecule has 0 aliphatic rings. The number of nitrogens with one attached hydrogen (secondary N) is 1. The van der Waals surface area contributed by atoms with Crippen molar-refractivity contribution >= 4 is 23.2 Å². The lowest BCUT2D eigenvalue weighted by Crippen LogP contribution is -2.30. The molecule has 1 atom stereocenters. The Morgan fingerprint density at radius 1 is 1.07 bits per heavy atom. The maximum absolute atomic E-state index is 12.7. The number of carbonyl (C=O) groups is 2. The van der Waals surface area contributed by atoms with Crippen LogP contribution in [0.2, 0.25) is 0 Å². The highest BCUT2D eigenvalue weighted by molar-refractivity contribution is 7.13. The van der Waals surface area contributed by atoms with E-state index in [-0.39, 0.29) is 12.3 Å². The first kappa shape index (κ1) is 18.8. The fraction of sp³-hybridized carbons (Fsp3) is 0.190. The van der Waals surface area contributed by atoms with Gasteiger partial charge in [-0.3, -0.25) is 9.59 Å². The van der Waals surface area contributed by atoms with Gasteiger partial charge in [-0.1, -0.05) is 48.5 Å². The van der Waals surface area contributed by atoms with E-state index in [1.807, 2.05) is 62.4 Å². The average Bonchev–Trinajstić information content (AvgIpc) is 3.11. The van der Waals surface area contributed by atoms with Crippen LogP contribution in [-0.4, -0.2) is 22.0 Å². The summed E-state index contributed by atoms with van der Waals surface area (Å²) in [5.74, 6) is -1.34. The number of hydrogen-bond acceptors (Lipinski definition) is 4. The van der Waals surface area contributed by atoms with Crippen LogP contribution in [0.4, 0.5) is 0 Å². The zero-order valence-electron chi connectivity index (χ0n) is 15.1. The molecule has 0 saturated carbocycles. The minimum absolute atomic E-state index is 0.189. The number of rotatable bonds is 6. The Balaban J connectivity index is 1.83. The van der Waals surface area contributed by atoms with Crippen molar-refractivity contribution in [2.75, 3.05) is 0 Å². The van der Waals surface area contributed by atoms with E-state index in [4.69, 9.17) is 0 Å². The lowest BCUT2D eigenvalue weighted by atomic mass is 9.98. The molecule has 0 spiro atoms. The Labute approximate surface area is 161 Å². The van der Waals surface area contributed by atoms with Gasteiger partial charge in [-0.15, -0.1) is 11.3 Å². The van der Waals surface area contributed by atoms with Gasteiger partial charge in [0.2, 0.25) is 0 Å². The second-order valence-corrected chi connectivity index (χ2v) is 7.19. The third-order valence-corrected chi connectivity index (χ3v) is 5.24. The highest BCUT2D eigenvalue weighted by atomic mass is 32.1. The Morgan fingerprint density at radius 2 is 1.74 bits per heavy atom. The Hall–Kier alpha value is -2.99. The van der Waals surface area contributed by atoms with E-state index in [1.165, 1.54) is 11.3 Å². The maximum atomic E-state index is 12.7. The predicted octanol–water partition coefficient (Wildman–Crippen LogP) is 4.37. The molecule has 0 bridgehead atoms. The summed E-state index contributed by atoms with van der Waals surface area (Å²) >= 11 is 1.40. The summed E-state index contributed by atoms with van der Waals surface area (Å²) in [6.45, 7) is 3.90. The number of benzene rings is 2. The Kier molecular flexibility index (Phi) is 5.66. The molecule has 1 heterocycles. The van der Waals surface area contributed by atoms with Gasteiger partial charge in [0.25, 0.3) is 5.91 Å². The minimum Gasteiger partial charge on any atom is -0.481 e. The standard InChI is InChI=1S/C21H20N2O3S/c1-13-7-3-5-9-15(13)17(11-19(24)25)22-20(26)18-12-27-21(23-18)16-10-6-4-8-14(16)2/h3-10,12,17H,11H2,1-2H3,(H,22,26)(H,24,25). The first-order valence-corrected chi connectivity index (χ1v) is 9.43. The molecule has 1 amide bonds. The number of carboxylic acids is 1. The second kappa shape index (κ2) is 8.14. The van der Waals surface area contributed by atoms with Crippen LogP contribution < -0.4 is 5.32 Å². The number of carboxylic acid groups (broad SMARTS) is 1. The summed E-state index contributed by atoms with van der Waals surface area (Å²) in [5.41, 5.74) is 4.10. The fourth-order valence-electron chi connectivity index (χ4n) is 2.94. The highest BCUT2D eigenvalue weighted by Crippen LogP contribution is 2.27. The summed E-state index contributed by atoms with van der Waals surface area (Å²) in [4.78, 5) is 28.4. The molecular formula is C21H20N2O3S. The highest BCUT2D eigenvalue weighted by Gasteiger charge is 2.22. The molecule has 27 heavy (non-hydrogen) atoms. The van der Waals surface area contributed by atoms with Crippen LogP contribution in [-0.2, 0) is 4.79 Å². The third-order valence-electron chi connectivity index (χ3n) is 4.36. The molecule has 1 unspecified atom stereocenters. The van der Waals surface area contributed by atoms with Crippen LogP contribution in [0, 0.1) is 13.8 Å². The van der Waals surface area contributed by atoms with Crippen molar-refractivity contribution in [1.29, 1.82) is 0 Å². The zero-order valence-corrected chi connectivity index (χ0v) is 15.9. The number of aliphatic carboxylic acids is 1. The average molecular weight is 380 g/mol. The lowest BCUT2D eigenvalue weighted by molar-refractivity contribution is -0.137. The summed E-state index contributed by atoms with van der Waals surface area (Å²) < 4.78 is 0. The zero-order chi connectivity index (χ0) is 19.4. The Morgan fingerprint density at radius 3 is 2.41 bits per heavy atom. The molecular weight excluding hydrogens is 360 g/mol. The van der Waals surface area contributed by atoms with Crippen LogP contribution >= 0.6 is 11.3 Å². The third kappa shape index (κ3) is 4.41. The molecule has 2 N–H and O–H groups in total. The van der Waals surface area contributed by atoms with Gasteiger partial charge in [0.05, 0.1) is 12.5 Å². The van der Waals surface area contributed by atoms with E-state index in [2.05, 4.69) is 10.3 Å². The summed E-state index contributed by atoms with van der Waals surface area (Å²) in [6, 6.07) is 14.7. The maximum Gasteiger partial charge on any atom is 0.305 e. The van der Waals surface area contributed by atoms with E-state index in [1.54, 1.807) is 5.38 Å². The van der Waals surface area contributed by atoms with Crippen LogP contribution in [0.3, 0.4) is 0 Å². The van der Waals surface area contributed by atoms with Crippen molar-refractivity contribution in [1.82, 2.24) is 10.3 Å². The van der Waals surface area contributed by atoms with Crippen LogP contribution in [0.15, 0.2) is 53.9 Å². The van der Waals surface area contributed by atoms with Gasteiger partial charge in [-0.05, 0) is 30.5 Å². The molecule has 5 nitrogen and oxygen atoms in total. The van der Waals surface area contributed by atoms with Crippen molar-refractivity contribution in [2.24, 2.45) is 0 Å². The summed E-state index contributed by atoms with van der Waals surface area (Å²) in [6.07, 6.45) is -0.189. The van der Waals surface area contributed by atoms with Crippen molar-refractivity contribution in [3.63, 3.8) is 0 Å². The first-order valence-electron chi connectivity index (χ1n) is 8.55. The van der Waals surface area contributed by atoms with Gasteiger partial charge in [0.15, 0.2) is 0 Å². The molecule has 138 valence electrons. The SMILES string of the molecule is Cc1ccccc1-c1nc(C(=O)NC(CC(=O)O)c2ccccc2C)cs1. The van der Waals surface area contributed by atoms with Crippen molar-refractivity contribution < 1.29 is 14.7 Å². The number of amides is 1. The predicted molar refractivity (Wildman–Crippen MR) is 106 cm³/mol. The van der Waals surface area contributed by atoms with Gasteiger partial charge in [0.1, 0.15) is 10.7 Å². The smallest absolute Gasteiger partial charge is 0.305 e. The van der Waals surface area contributed by atoms with Crippen LogP contribution in [0.1, 0.15) is 39.6 Å². The fourth-order valence-corrected chi connectivity index (χ4v) is 3.83. The number of carbonyl (C=O) groups excluding carboxylic acids is 1. The molecule has 1 aromatic heterocycles. The van der Waals surface area contributed by atoms with E-state index in [9.17, 15) is 14.7 Å². The first-order chi connectivity index (χ1) is 13.0. The Bertz CT molecular complexity index is 981. The molecule has 0 radical (unpaired) electrons. The largest absolute Gasteiger partial charge is 0.481 e. The minimum atomic E-state index is -0.970. The van der Waals surface area contributed by atoms with Gasteiger partial charge >= 0.3 is 5.97 Å². The number of hydrogen-bond donors (Lipinski definition) is 2. The van der Waals surface area contributed by atoms with Crippen molar-refractivity contribution in [3.05, 3.63) is 76.3 Å². The number of aryl methyl sites for hydroxylation is 2. The van der Waals surface area contributed by atoms with E-state index in [0.717, 1.165) is 27.3 Å². The molecule has 6 heteroatoms. The molecule has 0 fully saturated rings. The van der Waals surface area contributed by atoms with Crippen molar-refractivity contribution in [2.45, 2.75) is 26.3 Å². The lowest BCUT2D eigenvalue weighted by Gasteiger charge is -2.18. The van der Waals surface area contributed by atoms with E-state index >= 15 is 0 Å². The van der Waals surface area contributed by atoms with Gasteiger partial charge < -0.3 is 10.4 Å². The number of thiazole rings is 1. The normalized spacial score (nSPS) is 11.8. The second-order valence-electron chi connectivity index (χ2n) is 6.33. The van der Waals surface area contributed by atoms with E-state index in [0.29, 0.717) is 5.69 Å². The monoisotopic (exact) mass is 380 g/mol. The van der Waals surface area contributed by atoms with Gasteiger partial charge in [0, 0.05) is 10.9 Å². The van der Waals surface area contributed by atoms with Gasteiger partial charge in [-0.2, -0.15) is 0 Å². The topological polar surface area (TPSA) is 79.3 Å². The van der Waals surface area contributed by atoms with Crippen LogP contribution in [0.5, 0.6) is 0 Å². The number of aromatic nitrogens is 1.